The molecule has 1 atom stereocenters. The molecule has 1 unspecified atom stereocenters. The average molecular weight is 396 g/mol. The van der Waals surface area contributed by atoms with Gasteiger partial charge < -0.3 is 10.6 Å². The van der Waals surface area contributed by atoms with Gasteiger partial charge in [-0.05, 0) is 61.0 Å². The van der Waals surface area contributed by atoms with Crippen LogP contribution in [0.25, 0.3) is 0 Å². The molecule has 1 aliphatic rings. The van der Waals surface area contributed by atoms with Gasteiger partial charge in [-0.1, -0.05) is 25.1 Å². The van der Waals surface area contributed by atoms with Gasteiger partial charge in [-0.25, -0.2) is 0 Å². The van der Waals surface area contributed by atoms with Crippen molar-refractivity contribution in [2.24, 2.45) is 10.9 Å². The van der Waals surface area contributed by atoms with Crippen molar-refractivity contribution < 1.29 is 0 Å². The highest BCUT2D eigenvalue weighted by Crippen LogP contribution is 2.29. The van der Waals surface area contributed by atoms with Crippen LogP contribution >= 0.6 is 11.3 Å². The van der Waals surface area contributed by atoms with E-state index >= 15 is 0 Å². The van der Waals surface area contributed by atoms with Crippen molar-refractivity contribution in [2.75, 3.05) is 26.7 Å². The van der Waals surface area contributed by atoms with Crippen LogP contribution in [-0.4, -0.2) is 37.5 Å². The molecular formula is C22H29N5S. The molecule has 1 fully saturated rings. The minimum absolute atomic E-state index is 0.376. The van der Waals surface area contributed by atoms with Crippen molar-refractivity contribution in [3.05, 3.63) is 57.8 Å². The Hall–Kier alpha value is -2.36. The second-order valence-corrected chi connectivity index (χ2v) is 8.34. The Kier molecular flexibility index (Phi) is 7.46. The summed E-state index contributed by atoms with van der Waals surface area (Å²) in [6, 6.07) is 14.5. The molecule has 0 amide bonds. The van der Waals surface area contributed by atoms with E-state index in [1.54, 1.807) is 7.05 Å². The van der Waals surface area contributed by atoms with E-state index in [4.69, 9.17) is 5.26 Å². The molecule has 2 aromatic rings. The maximum Gasteiger partial charge on any atom is 0.191 e. The summed E-state index contributed by atoms with van der Waals surface area (Å²) in [6.07, 6.45) is 2.54. The number of aliphatic imine (C=N–C) groups is 1. The van der Waals surface area contributed by atoms with Crippen molar-refractivity contribution in [1.29, 1.82) is 5.26 Å². The topological polar surface area (TPSA) is 63.5 Å². The van der Waals surface area contributed by atoms with Crippen molar-refractivity contribution >= 4 is 17.3 Å². The molecule has 1 aromatic heterocycles. The van der Waals surface area contributed by atoms with Crippen molar-refractivity contribution in [1.82, 2.24) is 15.5 Å². The molecule has 2 N–H and O–H groups in total. The van der Waals surface area contributed by atoms with Crippen LogP contribution in [0, 0.1) is 17.2 Å². The normalized spacial score (nSPS) is 17.1. The second-order valence-electron chi connectivity index (χ2n) is 7.37. The van der Waals surface area contributed by atoms with Crippen LogP contribution in [0.1, 0.15) is 41.8 Å². The fourth-order valence-electron chi connectivity index (χ4n) is 3.53. The third-order valence-corrected chi connectivity index (χ3v) is 6.33. The molecule has 0 bridgehead atoms. The third kappa shape index (κ3) is 5.57. The molecule has 1 aromatic carbocycles. The molecule has 5 nitrogen and oxygen atoms in total. The number of rotatable bonds is 6. The number of nitrogens with zero attached hydrogens (tertiary/aromatic N) is 3. The molecule has 0 aliphatic carbocycles. The van der Waals surface area contributed by atoms with Gasteiger partial charge in [0.05, 0.1) is 17.7 Å². The fourth-order valence-corrected chi connectivity index (χ4v) is 4.39. The lowest BCUT2D eigenvalue weighted by atomic mass is 9.97. The lowest BCUT2D eigenvalue weighted by Gasteiger charge is -2.36. The third-order valence-electron chi connectivity index (χ3n) is 5.36. The van der Waals surface area contributed by atoms with E-state index < -0.39 is 0 Å². The van der Waals surface area contributed by atoms with Gasteiger partial charge in [0.15, 0.2) is 5.96 Å². The van der Waals surface area contributed by atoms with E-state index in [-0.39, 0.29) is 0 Å². The van der Waals surface area contributed by atoms with E-state index in [0.29, 0.717) is 18.2 Å². The molecule has 6 heteroatoms. The zero-order valence-electron chi connectivity index (χ0n) is 16.7. The van der Waals surface area contributed by atoms with Crippen molar-refractivity contribution in [3.63, 3.8) is 0 Å². The smallest absolute Gasteiger partial charge is 0.191 e. The number of piperidine rings is 1. The summed E-state index contributed by atoms with van der Waals surface area (Å²) in [7, 11) is 1.80. The number of guanidine groups is 1. The van der Waals surface area contributed by atoms with Crippen LogP contribution in [-0.2, 0) is 6.54 Å². The monoisotopic (exact) mass is 395 g/mol. The molecule has 148 valence electrons. The highest BCUT2D eigenvalue weighted by atomic mass is 32.1. The minimum atomic E-state index is 0.376. The fraction of sp³-hybridized carbons (Fsp3) is 0.455. The number of hydrogen-bond donors (Lipinski definition) is 2. The quantitative estimate of drug-likeness (QED) is 0.577. The molecule has 28 heavy (non-hydrogen) atoms. The lowest BCUT2D eigenvalue weighted by Crippen LogP contribution is -2.44. The predicted molar refractivity (Wildman–Crippen MR) is 116 cm³/mol. The summed E-state index contributed by atoms with van der Waals surface area (Å²) in [5.41, 5.74) is 1.81. The highest BCUT2D eigenvalue weighted by Gasteiger charge is 2.25. The van der Waals surface area contributed by atoms with Crippen LogP contribution in [0.15, 0.2) is 46.8 Å². The van der Waals surface area contributed by atoms with Gasteiger partial charge >= 0.3 is 0 Å². The highest BCUT2D eigenvalue weighted by molar-refractivity contribution is 7.10. The van der Waals surface area contributed by atoms with Crippen LogP contribution in [0.5, 0.6) is 0 Å². The first-order chi connectivity index (χ1) is 13.7. The first-order valence-electron chi connectivity index (χ1n) is 9.90. The Morgan fingerprint density at radius 3 is 2.61 bits per heavy atom. The van der Waals surface area contributed by atoms with E-state index in [2.05, 4.69) is 51.0 Å². The maximum atomic E-state index is 8.91. The molecular weight excluding hydrogens is 366 g/mol. The Labute approximate surface area is 172 Å². The zero-order chi connectivity index (χ0) is 19.8. The Morgan fingerprint density at radius 1 is 1.25 bits per heavy atom. The van der Waals surface area contributed by atoms with Gasteiger partial charge in [0.25, 0.3) is 0 Å². The molecule has 0 radical (unpaired) electrons. The second kappa shape index (κ2) is 10.3. The number of benzene rings is 1. The first kappa shape index (κ1) is 20.4. The standard InChI is InChI=1S/C22H29N5S/c1-17-9-11-27(12-10-17)20(21-4-3-13-28-21)16-26-22(24-2)25-15-19-7-5-18(14-23)6-8-19/h3-8,13,17,20H,9-12,15-16H2,1-2H3,(H2,24,25,26). The lowest BCUT2D eigenvalue weighted by molar-refractivity contribution is 0.140. The molecule has 0 spiro atoms. The maximum absolute atomic E-state index is 8.91. The molecule has 3 rings (SSSR count). The van der Waals surface area contributed by atoms with Crippen LogP contribution < -0.4 is 10.6 Å². The van der Waals surface area contributed by atoms with Gasteiger partial charge in [-0.15, -0.1) is 11.3 Å². The summed E-state index contributed by atoms with van der Waals surface area (Å²) < 4.78 is 0. The largest absolute Gasteiger partial charge is 0.354 e. The summed E-state index contributed by atoms with van der Waals surface area (Å²) in [5.74, 6) is 1.63. The summed E-state index contributed by atoms with van der Waals surface area (Å²) in [6.45, 7) is 6.17. The SMILES string of the molecule is CN=C(NCc1ccc(C#N)cc1)NCC(c1cccs1)N1CCC(C)CC1. The first-order valence-corrected chi connectivity index (χ1v) is 10.8. The van der Waals surface area contributed by atoms with Crippen LogP contribution in [0.2, 0.25) is 0 Å². The minimum Gasteiger partial charge on any atom is -0.354 e. The molecule has 0 saturated carbocycles. The number of likely N-dealkylation sites (tertiary alicyclic amines) is 1. The molecule has 1 aliphatic heterocycles. The van der Waals surface area contributed by atoms with Gasteiger partial charge in [0, 0.05) is 25.0 Å². The Bertz CT molecular complexity index is 783. The van der Waals surface area contributed by atoms with Crippen molar-refractivity contribution in [2.45, 2.75) is 32.4 Å². The molecule has 2 heterocycles. The summed E-state index contributed by atoms with van der Waals surface area (Å²) in [4.78, 5) is 8.39. The van der Waals surface area contributed by atoms with Gasteiger partial charge in [0.1, 0.15) is 0 Å². The van der Waals surface area contributed by atoms with Crippen LogP contribution in [0.3, 0.4) is 0 Å². The number of thiophene rings is 1. The van der Waals surface area contributed by atoms with E-state index in [1.807, 2.05) is 35.6 Å². The number of nitriles is 1. The summed E-state index contributed by atoms with van der Waals surface area (Å²) >= 11 is 1.83. The summed E-state index contributed by atoms with van der Waals surface area (Å²) in [5, 5.41) is 18.0. The molecule has 1 saturated heterocycles. The van der Waals surface area contributed by atoms with Gasteiger partial charge in [-0.2, -0.15) is 5.26 Å². The van der Waals surface area contributed by atoms with E-state index in [9.17, 15) is 0 Å². The van der Waals surface area contributed by atoms with Gasteiger partial charge in [-0.3, -0.25) is 9.89 Å². The van der Waals surface area contributed by atoms with Gasteiger partial charge in [0.2, 0.25) is 0 Å². The average Bonchev–Trinajstić information content (AvgIpc) is 3.26. The predicted octanol–water partition coefficient (Wildman–Crippen LogP) is 3.76. The Balaban J connectivity index is 1.57. The zero-order valence-corrected chi connectivity index (χ0v) is 17.5. The number of hydrogen-bond acceptors (Lipinski definition) is 4. The number of nitrogens with one attached hydrogen (secondary N) is 2. The Morgan fingerprint density at radius 2 is 2.00 bits per heavy atom. The van der Waals surface area contributed by atoms with Crippen molar-refractivity contribution in [3.8, 4) is 6.07 Å². The van der Waals surface area contributed by atoms with Crippen LogP contribution in [0.4, 0.5) is 0 Å². The van der Waals surface area contributed by atoms with E-state index in [1.165, 1.54) is 17.7 Å². The van der Waals surface area contributed by atoms with E-state index in [0.717, 1.165) is 37.1 Å².